The molecule has 2 aliphatic rings. The molecule has 2 aromatic rings. The predicted molar refractivity (Wildman–Crippen MR) is 106 cm³/mol. The van der Waals surface area contributed by atoms with Crippen LogP contribution in [-0.4, -0.2) is 70.3 Å². The predicted octanol–water partition coefficient (Wildman–Crippen LogP) is 1.09. The van der Waals surface area contributed by atoms with E-state index in [9.17, 15) is 14.4 Å². The number of hydrogen-bond donors (Lipinski definition) is 1. The summed E-state index contributed by atoms with van der Waals surface area (Å²) < 4.78 is 0. The maximum atomic E-state index is 12.9. The molecule has 0 bridgehead atoms. The number of nitrogens with one attached hydrogen (secondary N) is 1. The number of pyridine rings is 1. The summed E-state index contributed by atoms with van der Waals surface area (Å²) in [7, 11) is 0. The van der Waals surface area contributed by atoms with Crippen LogP contribution in [0.15, 0.2) is 48.7 Å². The topological polar surface area (TPSA) is 85.8 Å². The summed E-state index contributed by atoms with van der Waals surface area (Å²) >= 11 is 0. The Labute approximate surface area is 169 Å². The highest BCUT2D eigenvalue weighted by Gasteiger charge is 2.28. The first-order valence-corrected chi connectivity index (χ1v) is 9.69. The second-order valence-electron chi connectivity index (χ2n) is 7.23. The molecule has 29 heavy (non-hydrogen) atoms. The van der Waals surface area contributed by atoms with Crippen molar-refractivity contribution in [3.8, 4) is 0 Å². The van der Waals surface area contributed by atoms with Crippen molar-refractivity contribution < 1.29 is 14.4 Å². The molecule has 0 spiro atoms. The molecule has 8 nitrogen and oxygen atoms in total. The van der Waals surface area contributed by atoms with Gasteiger partial charge in [0, 0.05) is 44.5 Å². The third-order valence-electron chi connectivity index (χ3n) is 5.22. The normalized spacial score (nSPS) is 17.5. The van der Waals surface area contributed by atoms with Crippen LogP contribution in [0, 0.1) is 0 Å². The number of rotatable bonds is 5. The SMILES string of the molecule is O=C(c1cccc(CN2C(=O)CNC2=O)c1)N1CCN(Cc2ccccn2)CC1. The summed E-state index contributed by atoms with van der Waals surface area (Å²) in [6.07, 6.45) is 1.79. The zero-order valence-electron chi connectivity index (χ0n) is 16.1. The first kappa shape index (κ1) is 19.1. The van der Waals surface area contributed by atoms with Crippen LogP contribution in [0.1, 0.15) is 21.6 Å². The molecule has 2 aliphatic heterocycles. The zero-order valence-corrected chi connectivity index (χ0v) is 16.1. The molecule has 2 fully saturated rings. The van der Waals surface area contributed by atoms with E-state index in [4.69, 9.17) is 0 Å². The highest BCUT2D eigenvalue weighted by molar-refractivity contribution is 6.02. The molecule has 3 heterocycles. The van der Waals surface area contributed by atoms with Gasteiger partial charge in [0.05, 0.1) is 18.8 Å². The van der Waals surface area contributed by atoms with E-state index in [0.717, 1.165) is 30.9 Å². The molecule has 0 unspecified atom stereocenters. The third-order valence-corrected chi connectivity index (χ3v) is 5.22. The Morgan fingerprint density at radius 1 is 1.00 bits per heavy atom. The van der Waals surface area contributed by atoms with Crippen LogP contribution in [0.25, 0.3) is 0 Å². The van der Waals surface area contributed by atoms with Crippen molar-refractivity contribution in [1.82, 2.24) is 25.0 Å². The van der Waals surface area contributed by atoms with Gasteiger partial charge < -0.3 is 10.2 Å². The third kappa shape index (κ3) is 4.43. The van der Waals surface area contributed by atoms with Gasteiger partial charge in [-0.15, -0.1) is 0 Å². The Morgan fingerprint density at radius 3 is 2.52 bits per heavy atom. The second-order valence-corrected chi connectivity index (χ2v) is 7.23. The molecular weight excluding hydrogens is 370 g/mol. The molecule has 0 aliphatic carbocycles. The van der Waals surface area contributed by atoms with E-state index in [2.05, 4.69) is 15.2 Å². The molecule has 4 amide bonds. The fourth-order valence-corrected chi connectivity index (χ4v) is 3.61. The van der Waals surface area contributed by atoms with Crippen LogP contribution in [0.2, 0.25) is 0 Å². The Hall–Kier alpha value is -3.26. The van der Waals surface area contributed by atoms with Crippen molar-refractivity contribution in [2.45, 2.75) is 13.1 Å². The first-order valence-electron chi connectivity index (χ1n) is 9.69. The number of piperazine rings is 1. The lowest BCUT2D eigenvalue weighted by Crippen LogP contribution is -2.48. The Morgan fingerprint density at radius 2 is 1.83 bits per heavy atom. The van der Waals surface area contributed by atoms with Gasteiger partial charge in [-0.2, -0.15) is 0 Å². The second kappa shape index (κ2) is 8.40. The molecule has 2 saturated heterocycles. The van der Waals surface area contributed by atoms with E-state index in [-0.39, 0.29) is 24.9 Å². The van der Waals surface area contributed by atoms with Crippen molar-refractivity contribution >= 4 is 17.8 Å². The average molecular weight is 393 g/mol. The van der Waals surface area contributed by atoms with Gasteiger partial charge in [-0.3, -0.25) is 24.4 Å². The van der Waals surface area contributed by atoms with Crippen LogP contribution in [0.5, 0.6) is 0 Å². The summed E-state index contributed by atoms with van der Waals surface area (Å²) in [6.45, 7) is 3.88. The van der Waals surface area contributed by atoms with E-state index in [1.807, 2.05) is 29.2 Å². The van der Waals surface area contributed by atoms with Gasteiger partial charge in [-0.25, -0.2) is 4.79 Å². The number of amides is 4. The van der Waals surface area contributed by atoms with Gasteiger partial charge in [0.1, 0.15) is 0 Å². The number of hydrogen-bond acceptors (Lipinski definition) is 5. The van der Waals surface area contributed by atoms with Gasteiger partial charge in [0.2, 0.25) is 5.91 Å². The summed E-state index contributed by atoms with van der Waals surface area (Å²) in [5.74, 6) is -0.280. The minimum Gasteiger partial charge on any atom is -0.336 e. The minimum atomic E-state index is -0.393. The number of imide groups is 1. The zero-order chi connectivity index (χ0) is 20.2. The number of carbonyl (C=O) groups excluding carboxylic acids is 3. The van der Waals surface area contributed by atoms with Gasteiger partial charge >= 0.3 is 6.03 Å². The monoisotopic (exact) mass is 393 g/mol. The largest absolute Gasteiger partial charge is 0.336 e. The highest BCUT2D eigenvalue weighted by Crippen LogP contribution is 2.15. The standard InChI is InChI=1S/C21H23N5O3/c27-19-13-23-21(29)26(19)14-16-4-3-5-17(12-16)20(28)25-10-8-24(9-11-25)15-18-6-1-2-7-22-18/h1-7,12H,8-11,13-15H2,(H,23,29). The molecule has 1 aromatic heterocycles. The lowest BCUT2D eigenvalue weighted by atomic mass is 10.1. The van der Waals surface area contributed by atoms with Crippen LogP contribution < -0.4 is 5.32 Å². The van der Waals surface area contributed by atoms with Crippen molar-refractivity contribution in [2.75, 3.05) is 32.7 Å². The molecule has 0 radical (unpaired) electrons. The lowest BCUT2D eigenvalue weighted by molar-refractivity contribution is -0.125. The van der Waals surface area contributed by atoms with Crippen molar-refractivity contribution in [1.29, 1.82) is 0 Å². The van der Waals surface area contributed by atoms with E-state index >= 15 is 0 Å². The van der Waals surface area contributed by atoms with E-state index in [1.165, 1.54) is 4.90 Å². The average Bonchev–Trinajstić information content (AvgIpc) is 3.07. The molecule has 8 heteroatoms. The van der Waals surface area contributed by atoms with Crippen molar-refractivity contribution in [3.05, 3.63) is 65.5 Å². The van der Waals surface area contributed by atoms with Crippen LogP contribution >= 0.6 is 0 Å². The molecule has 0 saturated carbocycles. The molecule has 1 aromatic carbocycles. The van der Waals surface area contributed by atoms with Gasteiger partial charge in [-0.1, -0.05) is 18.2 Å². The fourth-order valence-electron chi connectivity index (χ4n) is 3.61. The smallest absolute Gasteiger partial charge is 0.324 e. The Bertz CT molecular complexity index is 894. The summed E-state index contributed by atoms with van der Waals surface area (Å²) in [5, 5.41) is 2.50. The molecule has 150 valence electrons. The summed E-state index contributed by atoms with van der Waals surface area (Å²) in [4.78, 5) is 46.1. The van der Waals surface area contributed by atoms with E-state index in [0.29, 0.717) is 18.7 Å². The van der Waals surface area contributed by atoms with E-state index in [1.54, 1.807) is 24.4 Å². The Kier molecular flexibility index (Phi) is 5.53. The maximum absolute atomic E-state index is 12.9. The number of urea groups is 1. The summed E-state index contributed by atoms with van der Waals surface area (Å²) in [5.41, 5.74) is 2.36. The minimum absolute atomic E-state index is 0.0264. The van der Waals surface area contributed by atoms with Crippen molar-refractivity contribution in [2.24, 2.45) is 0 Å². The van der Waals surface area contributed by atoms with E-state index < -0.39 is 6.03 Å². The lowest BCUT2D eigenvalue weighted by Gasteiger charge is -2.34. The fraction of sp³-hybridized carbons (Fsp3) is 0.333. The number of carbonyl (C=O) groups is 3. The van der Waals surface area contributed by atoms with Crippen molar-refractivity contribution in [3.63, 3.8) is 0 Å². The van der Waals surface area contributed by atoms with Crippen LogP contribution in [0.4, 0.5) is 4.79 Å². The van der Waals surface area contributed by atoms with Gasteiger partial charge in [0.25, 0.3) is 5.91 Å². The quantitative estimate of drug-likeness (QED) is 0.769. The first-order chi connectivity index (χ1) is 14.1. The van der Waals surface area contributed by atoms with Crippen LogP contribution in [0.3, 0.4) is 0 Å². The number of aromatic nitrogens is 1. The molecular formula is C21H23N5O3. The highest BCUT2D eigenvalue weighted by atomic mass is 16.2. The molecule has 0 atom stereocenters. The molecule has 1 N–H and O–H groups in total. The Balaban J connectivity index is 1.35. The van der Waals surface area contributed by atoms with Gasteiger partial charge in [-0.05, 0) is 29.8 Å². The number of nitrogens with zero attached hydrogens (tertiary/aromatic N) is 4. The molecule has 4 rings (SSSR count). The van der Waals surface area contributed by atoms with Crippen LogP contribution in [-0.2, 0) is 17.9 Å². The van der Waals surface area contributed by atoms with Gasteiger partial charge in [0.15, 0.2) is 0 Å². The summed E-state index contributed by atoms with van der Waals surface area (Å²) in [6, 6.07) is 12.7. The maximum Gasteiger partial charge on any atom is 0.324 e. The number of benzene rings is 1.